The van der Waals surface area contributed by atoms with E-state index in [-0.39, 0.29) is 11.4 Å². The molecule has 0 saturated carbocycles. The highest BCUT2D eigenvalue weighted by Gasteiger charge is 2.31. The van der Waals surface area contributed by atoms with Gasteiger partial charge in [0.1, 0.15) is 5.75 Å². The van der Waals surface area contributed by atoms with Crippen molar-refractivity contribution in [2.75, 3.05) is 6.54 Å². The van der Waals surface area contributed by atoms with E-state index in [9.17, 15) is 17.4 Å². The lowest BCUT2D eigenvalue weighted by atomic mass is 10.3. The molecule has 0 aliphatic carbocycles. The summed E-state index contributed by atoms with van der Waals surface area (Å²) < 4.78 is 58.7. The van der Waals surface area contributed by atoms with Gasteiger partial charge in [0.15, 0.2) is 0 Å². The smallest absolute Gasteiger partial charge is 0.406 e. The highest BCUT2D eigenvalue weighted by molar-refractivity contribution is 7.95. The topological polar surface area (TPSA) is 76.2 Å². The molecule has 0 fully saturated rings. The predicted molar refractivity (Wildman–Crippen MR) is 60.4 cm³/mol. The van der Waals surface area contributed by atoms with E-state index < -0.39 is 21.8 Å². The van der Waals surface area contributed by atoms with Crippen molar-refractivity contribution in [3.63, 3.8) is 0 Å². The molecule has 100 valence electrons. The Labute approximate surface area is 102 Å². The summed E-state index contributed by atoms with van der Waals surface area (Å²) in [6.45, 7) is 0.130. The first-order valence-corrected chi connectivity index (χ1v) is 6.38. The standard InChI is InChI=1S/C10H11F3N2O2S/c11-10(12,13)17-8-2-4-9(5-3-8)18(15,16)7-1-6-14/h1-5,7,15H,6,14H2/b7-1+. The van der Waals surface area contributed by atoms with Crippen LogP contribution in [0.1, 0.15) is 0 Å². The summed E-state index contributed by atoms with van der Waals surface area (Å²) in [5.74, 6) is -0.427. The maximum absolute atomic E-state index is 11.9. The number of nitrogens with one attached hydrogen (secondary N) is 1. The minimum absolute atomic E-state index is 0.0849. The summed E-state index contributed by atoms with van der Waals surface area (Å²) in [5.41, 5.74) is 5.17. The van der Waals surface area contributed by atoms with Gasteiger partial charge in [-0.05, 0) is 24.3 Å². The molecule has 0 spiro atoms. The van der Waals surface area contributed by atoms with Crippen molar-refractivity contribution >= 4 is 9.73 Å². The average Bonchev–Trinajstić information content (AvgIpc) is 2.25. The molecule has 0 bridgehead atoms. The van der Waals surface area contributed by atoms with Crippen LogP contribution in [0.5, 0.6) is 5.75 Å². The highest BCUT2D eigenvalue weighted by Crippen LogP contribution is 2.24. The van der Waals surface area contributed by atoms with E-state index in [0.717, 1.165) is 29.7 Å². The zero-order valence-electron chi connectivity index (χ0n) is 9.11. The molecule has 3 N–H and O–H groups in total. The Hall–Kier alpha value is -1.54. The van der Waals surface area contributed by atoms with Crippen molar-refractivity contribution in [1.82, 2.24) is 0 Å². The van der Waals surface area contributed by atoms with E-state index in [0.29, 0.717) is 0 Å². The van der Waals surface area contributed by atoms with E-state index >= 15 is 0 Å². The Bertz CT molecular complexity index is 521. The molecule has 0 heterocycles. The van der Waals surface area contributed by atoms with E-state index in [1.54, 1.807) is 0 Å². The molecule has 1 atom stereocenters. The number of rotatable bonds is 4. The summed E-state index contributed by atoms with van der Waals surface area (Å²) in [4.78, 5) is 0.0849. The third-order valence-corrected chi connectivity index (χ3v) is 3.38. The third-order valence-electron chi connectivity index (χ3n) is 1.83. The Morgan fingerprint density at radius 1 is 1.33 bits per heavy atom. The van der Waals surface area contributed by atoms with Crippen LogP contribution in [0.15, 0.2) is 40.6 Å². The molecular formula is C10H11F3N2O2S. The van der Waals surface area contributed by atoms with Gasteiger partial charge in [0.05, 0.1) is 14.6 Å². The maximum atomic E-state index is 11.9. The normalized spacial score (nSPS) is 15.6. The SMILES string of the molecule is N=S(=O)(/C=C/CN)c1ccc(OC(F)(F)F)cc1. The fourth-order valence-corrected chi connectivity index (χ4v) is 2.19. The summed E-state index contributed by atoms with van der Waals surface area (Å²) >= 11 is 0. The van der Waals surface area contributed by atoms with E-state index in [1.807, 2.05) is 0 Å². The first-order valence-electron chi connectivity index (χ1n) is 4.76. The van der Waals surface area contributed by atoms with Gasteiger partial charge in [-0.2, -0.15) is 0 Å². The number of benzene rings is 1. The molecule has 0 aliphatic heterocycles. The summed E-state index contributed by atoms with van der Waals surface area (Å²) in [5, 5.41) is 1.12. The van der Waals surface area contributed by atoms with Crippen molar-refractivity contribution in [1.29, 1.82) is 4.78 Å². The lowest BCUT2D eigenvalue weighted by molar-refractivity contribution is -0.274. The van der Waals surface area contributed by atoms with Gasteiger partial charge in [-0.3, -0.25) is 0 Å². The second kappa shape index (κ2) is 5.40. The molecule has 0 radical (unpaired) electrons. The number of ether oxygens (including phenoxy) is 1. The van der Waals surface area contributed by atoms with E-state index in [1.165, 1.54) is 6.08 Å². The van der Waals surface area contributed by atoms with Crippen LogP contribution < -0.4 is 10.5 Å². The molecule has 0 aromatic heterocycles. The van der Waals surface area contributed by atoms with Crippen LogP contribution in [0, 0.1) is 4.78 Å². The number of hydrogen-bond donors (Lipinski definition) is 2. The van der Waals surface area contributed by atoms with Crippen LogP contribution in [-0.2, 0) is 9.73 Å². The molecule has 4 nitrogen and oxygen atoms in total. The van der Waals surface area contributed by atoms with Crippen molar-refractivity contribution in [2.24, 2.45) is 5.73 Å². The zero-order valence-corrected chi connectivity index (χ0v) is 9.92. The van der Waals surface area contributed by atoms with Gasteiger partial charge >= 0.3 is 6.36 Å². The molecule has 18 heavy (non-hydrogen) atoms. The van der Waals surface area contributed by atoms with Crippen molar-refractivity contribution in [2.45, 2.75) is 11.3 Å². The van der Waals surface area contributed by atoms with Crippen molar-refractivity contribution < 1.29 is 22.1 Å². The fraction of sp³-hybridized carbons (Fsp3) is 0.200. The van der Waals surface area contributed by atoms with Gasteiger partial charge in [0.2, 0.25) is 0 Å². The maximum Gasteiger partial charge on any atom is 0.573 e. The van der Waals surface area contributed by atoms with Gasteiger partial charge in [-0.25, -0.2) is 8.99 Å². The lowest BCUT2D eigenvalue weighted by Crippen LogP contribution is -2.17. The van der Waals surface area contributed by atoms with Crippen LogP contribution >= 0.6 is 0 Å². The summed E-state index contributed by atoms with van der Waals surface area (Å²) in [7, 11) is -3.18. The Balaban J connectivity index is 2.93. The van der Waals surface area contributed by atoms with Gasteiger partial charge in [0, 0.05) is 12.0 Å². The molecule has 8 heteroatoms. The molecule has 0 saturated heterocycles. The van der Waals surface area contributed by atoms with Crippen LogP contribution in [0.3, 0.4) is 0 Å². The number of alkyl halides is 3. The second-order valence-corrected chi connectivity index (χ2v) is 5.17. The zero-order chi connectivity index (χ0) is 13.8. The van der Waals surface area contributed by atoms with Gasteiger partial charge in [-0.1, -0.05) is 6.08 Å². The van der Waals surface area contributed by atoms with Gasteiger partial charge in [0.25, 0.3) is 0 Å². The first kappa shape index (κ1) is 14.5. The molecule has 0 aliphatic rings. The molecule has 1 unspecified atom stereocenters. The van der Waals surface area contributed by atoms with Crippen LogP contribution in [0.2, 0.25) is 0 Å². The minimum atomic E-state index is -4.77. The number of nitrogens with two attached hydrogens (primary N) is 1. The average molecular weight is 280 g/mol. The first-order chi connectivity index (χ1) is 8.24. The number of halogens is 3. The summed E-state index contributed by atoms with van der Waals surface area (Å²) in [6, 6.07) is 4.31. The minimum Gasteiger partial charge on any atom is -0.406 e. The Morgan fingerprint density at radius 3 is 2.33 bits per heavy atom. The predicted octanol–water partition coefficient (Wildman–Crippen LogP) is 2.46. The number of hydrogen-bond acceptors (Lipinski definition) is 4. The molecule has 1 aromatic carbocycles. The fourth-order valence-electron chi connectivity index (χ4n) is 1.11. The summed E-state index contributed by atoms with van der Waals surface area (Å²) in [6.07, 6.45) is -3.42. The molecule has 1 rings (SSSR count). The second-order valence-electron chi connectivity index (χ2n) is 3.23. The lowest BCUT2D eigenvalue weighted by Gasteiger charge is -2.09. The van der Waals surface area contributed by atoms with Crippen molar-refractivity contribution in [3.8, 4) is 5.75 Å². The highest BCUT2D eigenvalue weighted by atomic mass is 32.2. The molecule has 1 aromatic rings. The van der Waals surface area contributed by atoms with Gasteiger partial charge < -0.3 is 10.5 Å². The van der Waals surface area contributed by atoms with Crippen LogP contribution in [-0.4, -0.2) is 17.1 Å². The molecular weight excluding hydrogens is 269 g/mol. The van der Waals surface area contributed by atoms with Crippen LogP contribution in [0.25, 0.3) is 0 Å². The monoisotopic (exact) mass is 280 g/mol. The molecule has 0 amide bonds. The van der Waals surface area contributed by atoms with Gasteiger partial charge in [-0.15, -0.1) is 13.2 Å². The Kier molecular flexibility index (Phi) is 4.36. The largest absolute Gasteiger partial charge is 0.573 e. The van der Waals surface area contributed by atoms with E-state index in [4.69, 9.17) is 10.5 Å². The van der Waals surface area contributed by atoms with E-state index in [2.05, 4.69) is 4.74 Å². The van der Waals surface area contributed by atoms with Crippen LogP contribution in [0.4, 0.5) is 13.2 Å². The van der Waals surface area contributed by atoms with Crippen molar-refractivity contribution in [3.05, 3.63) is 35.7 Å². The third kappa shape index (κ3) is 4.38. The quantitative estimate of drug-likeness (QED) is 0.889. The Morgan fingerprint density at radius 2 is 1.89 bits per heavy atom.